The van der Waals surface area contributed by atoms with Crippen LogP contribution in [0.4, 0.5) is 11.6 Å². The van der Waals surface area contributed by atoms with Crippen LogP contribution in [-0.2, 0) is 13.1 Å². The highest BCUT2D eigenvalue weighted by Crippen LogP contribution is 2.23. The minimum atomic E-state index is 0.495. The van der Waals surface area contributed by atoms with Crippen LogP contribution in [0.15, 0.2) is 33.3 Å². The number of hydrogen-bond acceptors (Lipinski definition) is 8. The predicted molar refractivity (Wildman–Crippen MR) is 95.6 cm³/mol. The molecule has 8 heteroatoms. The minimum absolute atomic E-state index is 0.495. The minimum Gasteiger partial charge on any atom is -0.361 e. The smallest absolute Gasteiger partial charge is 0.149 e. The summed E-state index contributed by atoms with van der Waals surface area (Å²) >= 11 is 0. The Hall–Kier alpha value is -3.34. The van der Waals surface area contributed by atoms with E-state index in [-0.39, 0.29) is 0 Å². The molecule has 3 rings (SSSR count). The van der Waals surface area contributed by atoms with Gasteiger partial charge in [0.15, 0.2) is 0 Å². The first-order valence-electron chi connectivity index (χ1n) is 8.14. The summed E-state index contributed by atoms with van der Waals surface area (Å²) in [6.45, 7) is 4.75. The van der Waals surface area contributed by atoms with Gasteiger partial charge in [-0.3, -0.25) is 0 Å². The fourth-order valence-corrected chi connectivity index (χ4v) is 2.66. The molecule has 3 heterocycles. The highest BCUT2D eigenvalue weighted by atomic mass is 16.5. The second-order valence-corrected chi connectivity index (χ2v) is 6.22. The van der Waals surface area contributed by atoms with Crippen LogP contribution in [0.3, 0.4) is 0 Å². The first-order chi connectivity index (χ1) is 12.5. The van der Waals surface area contributed by atoms with Crippen molar-refractivity contribution in [2.75, 3.05) is 23.9 Å². The molecule has 0 fully saturated rings. The van der Waals surface area contributed by atoms with Crippen molar-refractivity contribution in [1.82, 2.24) is 15.3 Å². The van der Waals surface area contributed by atoms with Gasteiger partial charge in [-0.25, -0.2) is 4.98 Å². The lowest BCUT2D eigenvalue weighted by molar-refractivity contribution is 0.390. The van der Waals surface area contributed by atoms with Gasteiger partial charge in [-0.05, 0) is 26.0 Å². The normalized spacial score (nSPS) is 10.6. The van der Waals surface area contributed by atoms with E-state index in [1.807, 2.05) is 55.9 Å². The Morgan fingerprint density at radius 2 is 1.54 bits per heavy atom. The second-order valence-electron chi connectivity index (χ2n) is 6.22. The van der Waals surface area contributed by atoms with Gasteiger partial charge in [0, 0.05) is 26.2 Å². The molecule has 134 valence electrons. The van der Waals surface area contributed by atoms with E-state index in [0.29, 0.717) is 24.5 Å². The lowest BCUT2D eigenvalue weighted by Gasteiger charge is -2.22. The van der Waals surface area contributed by atoms with E-state index in [4.69, 9.17) is 9.05 Å². The largest absolute Gasteiger partial charge is 0.361 e. The molecule has 26 heavy (non-hydrogen) atoms. The Morgan fingerprint density at radius 3 is 2.04 bits per heavy atom. The summed E-state index contributed by atoms with van der Waals surface area (Å²) in [7, 11) is 3.79. The SMILES string of the molecule is Cc1cc(CN(C)c2ccc(C#N)c(N(C)Cc3cc(C)on3)n2)no1. The van der Waals surface area contributed by atoms with Gasteiger partial charge in [-0.2, -0.15) is 5.26 Å². The summed E-state index contributed by atoms with van der Waals surface area (Å²) in [5.41, 5.74) is 2.11. The van der Waals surface area contributed by atoms with E-state index in [1.54, 1.807) is 6.07 Å². The Bertz CT molecular complexity index is 939. The summed E-state index contributed by atoms with van der Waals surface area (Å²) in [6, 6.07) is 9.54. The van der Waals surface area contributed by atoms with Crippen molar-refractivity contribution in [3.05, 3.63) is 52.7 Å². The van der Waals surface area contributed by atoms with Gasteiger partial charge in [0.25, 0.3) is 0 Å². The molecule has 0 unspecified atom stereocenters. The lowest BCUT2D eigenvalue weighted by atomic mass is 10.2. The number of nitriles is 1. The van der Waals surface area contributed by atoms with Crippen LogP contribution >= 0.6 is 0 Å². The number of hydrogen-bond donors (Lipinski definition) is 0. The average Bonchev–Trinajstić information content (AvgIpc) is 3.22. The summed E-state index contributed by atoms with van der Waals surface area (Å²) < 4.78 is 10.2. The topological polar surface area (TPSA) is 95.2 Å². The van der Waals surface area contributed by atoms with E-state index in [0.717, 1.165) is 28.7 Å². The number of pyridine rings is 1. The van der Waals surface area contributed by atoms with E-state index < -0.39 is 0 Å². The standard InChI is InChI=1S/C18H20N6O2/c1-12-7-15(21-25-12)10-23(3)17-6-5-14(9-19)18(20-17)24(4)11-16-8-13(2)26-22-16/h5-8H,10-11H2,1-4H3. The van der Waals surface area contributed by atoms with Gasteiger partial charge in [0.2, 0.25) is 0 Å². The molecule has 0 spiro atoms. The summed E-state index contributed by atoms with van der Waals surface area (Å²) in [6.07, 6.45) is 0. The van der Waals surface area contributed by atoms with Crippen molar-refractivity contribution in [1.29, 1.82) is 5.26 Å². The third-order valence-corrected chi connectivity index (χ3v) is 3.89. The van der Waals surface area contributed by atoms with Crippen molar-refractivity contribution < 1.29 is 9.05 Å². The first-order valence-corrected chi connectivity index (χ1v) is 8.14. The molecular formula is C18H20N6O2. The Kier molecular flexibility index (Phi) is 4.89. The molecule has 0 bridgehead atoms. The van der Waals surface area contributed by atoms with Crippen molar-refractivity contribution in [2.24, 2.45) is 0 Å². The second kappa shape index (κ2) is 7.27. The average molecular weight is 352 g/mol. The van der Waals surface area contributed by atoms with E-state index in [9.17, 15) is 5.26 Å². The zero-order chi connectivity index (χ0) is 18.7. The van der Waals surface area contributed by atoms with Gasteiger partial charge in [-0.15, -0.1) is 0 Å². The summed E-state index contributed by atoms with van der Waals surface area (Å²) in [4.78, 5) is 8.50. The van der Waals surface area contributed by atoms with Crippen LogP contribution in [0.1, 0.15) is 28.5 Å². The van der Waals surface area contributed by atoms with Crippen LogP contribution in [0.5, 0.6) is 0 Å². The number of aromatic nitrogens is 3. The van der Waals surface area contributed by atoms with Crippen LogP contribution in [0, 0.1) is 25.2 Å². The fraction of sp³-hybridized carbons (Fsp3) is 0.333. The highest BCUT2D eigenvalue weighted by molar-refractivity contribution is 5.58. The van der Waals surface area contributed by atoms with E-state index in [1.165, 1.54) is 0 Å². The zero-order valence-corrected chi connectivity index (χ0v) is 15.2. The number of nitrogens with zero attached hydrogens (tertiary/aromatic N) is 6. The molecule has 3 aromatic rings. The molecule has 0 saturated carbocycles. The molecule has 0 atom stereocenters. The zero-order valence-electron chi connectivity index (χ0n) is 15.2. The molecule has 0 aromatic carbocycles. The lowest BCUT2D eigenvalue weighted by Crippen LogP contribution is -2.22. The van der Waals surface area contributed by atoms with Gasteiger partial charge in [-0.1, -0.05) is 10.3 Å². The molecule has 0 saturated heterocycles. The Morgan fingerprint density at radius 1 is 0.962 bits per heavy atom. The number of anilines is 2. The van der Waals surface area contributed by atoms with E-state index >= 15 is 0 Å². The molecule has 0 N–H and O–H groups in total. The van der Waals surface area contributed by atoms with Crippen LogP contribution in [-0.4, -0.2) is 29.4 Å². The van der Waals surface area contributed by atoms with Gasteiger partial charge in [0.1, 0.15) is 40.6 Å². The van der Waals surface area contributed by atoms with Crippen molar-refractivity contribution >= 4 is 11.6 Å². The van der Waals surface area contributed by atoms with E-state index in [2.05, 4.69) is 21.4 Å². The maximum atomic E-state index is 9.42. The Labute approximate surface area is 151 Å². The molecule has 0 aliphatic carbocycles. The number of rotatable bonds is 6. The van der Waals surface area contributed by atoms with Crippen molar-refractivity contribution in [2.45, 2.75) is 26.9 Å². The van der Waals surface area contributed by atoms with Gasteiger partial charge in [0.05, 0.1) is 18.7 Å². The van der Waals surface area contributed by atoms with Gasteiger partial charge >= 0.3 is 0 Å². The molecule has 8 nitrogen and oxygen atoms in total. The maximum Gasteiger partial charge on any atom is 0.149 e. The monoisotopic (exact) mass is 352 g/mol. The summed E-state index contributed by atoms with van der Waals surface area (Å²) in [5, 5.41) is 17.4. The van der Waals surface area contributed by atoms with Crippen molar-refractivity contribution in [3.63, 3.8) is 0 Å². The third-order valence-electron chi connectivity index (χ3n) is 3.89. The molecule has 0 amide bonds. The fourth-order valence-electron chi connectivity index (χ4n) is 2.66. The molecule has 0 radical (unpaired) electrons. The summed E-state index contributed by atoms with van der Waals surface area (Å²) in [5.74, 6) is 2.85. The van der Waals surface area contributed by atoms with Gasteiger partial charge < -0.3 is 18.8 Å². The quantitative estimate of drug-likeness (QED) is 0.668. The number of aryl methyl sites for hydroxylation is 2. The molecule has 3 aromatic heterocycles. The predicted octanol–water partition coefficient (Wildman–Crippen LogP) is 2.82. The first kappa shape index (κ1) is 17.5. The van der Waals surface area contributed by atoms with Crippen LogP contribution in [0.25, 0.3) is 0 Å². The van der Waals surface area contributed by atoms with Crippen LogP contribution < -0.4 is 9.80 Å². The molecule has 0 aliphatic rings. The third kappa shape index (κ3) is 3.83. The Balaban J connectivity index is 1.82. The highest BCUT2D eigenvalue weighted by Gasteiger charge is 2.15. The maximum absolute atomic E-state index is 9.42. The van der Waals surface area contributed by atoms with Crippen LogP contribution in [0.2, 0.25) is 0 Å². The molecular weight excluding hydrogens is 332 g/mol. The van der Waals surface area contributed by atoms with Crippen molar-refractivity contribution in [3.8, 4) is 6.07 Å². The molecule has 0 aliphatic heterocycles.